The summed E-state index contributed by atoms with van der Waals surface area (Å²) in [4.78, 5) is 0. The van der Waals surface area contributed by atoms with Crippen molar-refractivity contribution in [1.82, 2.24) is 0 Å². The van der Waals surface area contributed by atoms with Crippen molar-refractivity contribution in [3.05, 3.63) is 91.0 Å². The summed E-state index contributed by atoms with van der Waals surface area (Å²) in [7, 11) is 0. The van der Waals surface area contributed by atoms with Gasteiger partial charge in [0.1, 0.15) is 5.75 Å². The van der Waals surface area contributed by atoms with Crippen molar-refractivity contribution < 1.29 is 5.11 Å². The van der Waals surface area contributed by atoms with Crippen LogP contribution >= 0.6 is 0 Å². The summed E-state index contributed by atoms with van der Waals surface area (Å²) in [6, 6.07) is 31.5. The molecular formula is C26H16O. The highest BCUT2D eigenvalue weighted by Crippen LogP contribution is 2.50. The van der Waals surface area contributed by atoms with E-state index in [2.05, 4.69) is 72.8 Å². The number of phenols is 1. The zero-order valence-electron chi connectivity index (χ0n) is 14.6. The highest BCUT2D eigenvalue weighted by atomic mass is 16.3. The molecule has 0 fully saturated rings. The maximum atomic E-state index is 10.9. The quantitative estimate of drug-likeness (QED) is 0.340. The third kappa shape index (κ3) is 1.94. The third-order valence-corrected chi connectivity index (χ3v) is 5.70. The highest BCUT2D eigenvalue weighted by Gasteiger charge is 2.23. The van der Waals surface area contributed by atoms with Gasteiger partial charge in [0.2, 0.25) is 0 Å². The number of phenolic OH excluding ortho intramolecular Hbond substituents is 1. The van der Waals surface area contributed by atoms with Crippen LogP contribution in [0.1, 0.15) is 0 Å². The van der Waals surface area contributed by atoms with Crippen LogP contribution in [0.4, 0.5) is 0 Å². The molecule has 126 valence electrons. The minimum Gasteiger partial charge on any atom is -0.507 e. The van der Waals surface area contributed by atoms with Gasteiger partial charge in [-0.3, -0.25) is 0 Å². The topological polar surface area (TPSA) is 20.2 Å². The highest BCUT2D eigenvalue weighted by molar-refractivity contribution is 6.16. The molecule has 0 aromatic heterocycles. The largest absolute Gasteiger partial charge is 0.507 e. The Kier molecular flexibility index (Phi) is 2.81. The van der Waals surface area contributed by atoms with Gasteiger partial charge in [-0.2, -0.15) is 0 Å². The van der Waals surface area contributed by atoms with E-state index in [-0.39, 0.29) is 0 Å². The van der Waals surface area contributed by atoms with Crippen LogP contribution in [0.3, 0.4) is 0 Å². The first-order valence-corrected chi connectivity index (χ1v) is 9.19. The van der Waals surface area contributed by atoms with Crippen molar-refractivity contribution in [1.29, 1.82) is 0 Å². The van der Waals surface area contributed by atoms with E-state index < -0.39 is 0 Å². The van der Waals surface area contributed by atoms with Crippen molar-refractivity contribution in [2.24, 2.45) is 0 Å². The third-order valence-electron chi connectivity index (χ3n) is 5.70. The Balaban J connectivity index is 1.69. The zero-order valence-corrected chi connectivity index (χ0v) is 14.6. The van der Waals surface area contributed by atoms with E-state index in [4.69, 9.17) is 0 Å². The van der Waals surface area contributed by atoms with Gasteiger partial charge in [-0.15, -0.1) is 0 Å². The van der Waals surface area contributed by atoms with Crippen molar-refractivity contribution in [3.63, 3.8) is 0 Å². The Labute approximate surface area is 157 Å². The fraction of sp³-hybridized carbons (Fsp3) is 0. The van der Waals surface area contributed by atoms with E-state index in [0.29, 0.717) is 5.75 Å². The Morgan fingerprint density at radius 3 is 1.81 bits per heavy atom. The molecule has 27 heavy (non-hydrogen) atoms. The molecule has 0 amide bonds. The lowest BCUT2D eigenvalue weighted by molar-refractivity contribution is 0.477. The zero-order chi connectivity index (χ0) is 18.0. The van der Waals surface area contributed by atoms with Gasteiger partial charge in [0.15, 0.2) is 0 Å². The lowest BCUT2D eigenvalue weighted by atomic mass is 9.93. The predicted octanol–water partition coefficient (Wildman–Crippen LogP) is 7.01. The Bertz CT molecular complexity index is 1370. The van der Waals surface area contributed by atoms with Crippen LogP contribution in [0.5, 0.6) is 5.75 Å². The Morgan fingerprint density at radius 1 is 0.444 bits per heavy atom. The van der Waals surface area contributed by atoms with Crippen molar-refractivity contribution in [3.8, 4) is 39.1 Å². The summed E-state index contributed by atoms with van der Waals surface area (Å²) in [5.41, 5.74) is 6.72. The van der Waals surface area contributed by atoms with Gasteiger partial charge < -0.3 is 5.11 Å². The van der Waals surface area contributed by atoms with Crippen molar-refractivity contribution in [2.45, 2.75) is 0 Å². The van der Waals surface area contributed by atoms with Gasteiger partial charge in [-0.1, -0.05) is 78.9 Å². The number of hydrogen-bond acceptors (Lipinski definition) is 1. The molecule has 0 radical (unpaired) electrons. The van der Waals surface area contributed by atoms with E-state index in [1.165, 1.54) is 32.8 Å². The predicted molar refractivity (Wildman–Crippen MR) is 113 cm³/mol. The van der Waals surface area contributed by atoms with Gasteiger partial charge in [0.05, 0.1) is 0 Å². The lowest BCUT2D eigenvalue weighted by Gasteiger charge is -2.12. The molecule has 1 aliphatic rings. The van der Waals surface area contributed by atoms with E-state index in [1.54, 1.807) is 0 Å². The molecule has 0 aliphatic heterocycles. The molecule has 5 aromatic carbocycles. The molecular weight excluding hydrogens is 328 g/mol. The van der Waals surface area contributed by atoms with Crippen LogP contribution in [0.25, 0.3) is 54.9 Å². The summed E-state index contributed by atoms with van der Waals surface area (Å²) in [6.07, 6.45) is 0. The molecule has 1 aliphatic carbocycles. The Morgan fingerprint density at radius 2 is 1.04 bits per heavy atom. The van der Waals surface area contributed by atoms with E-state index in [9.17, 15) is 5.11 Å². The van der Waals surface area contributed by atoms with Gasteiger partial charge in [-0.25, -0.2) is 0 Å². The van der Waals surface area contributed by atoms with E-state index in [1.807, 2.05) is 18.2 Å². The summed E-state index contributed by atoms with van der Waals surface area (Å²) >= 11 is 0. The van der Waals surface area contributed by atoms with Gasteiger partial charge >= 0.3 is 0 Å². The molecule has 0 saturated carbocycles. The van der Waals surface area contributed by atoms with Crippen LogP contribution in [-0.4, -0.2) is 5.11 Å². The molecule has 0 spiro atoms. The normalized spacial score (nSPS) is 11.9. The number of fused-ring (bicyclic) bond motifs is 4. The van der Waals surface area contributed by atoms with E-state index in [0.717, 1.165) is 22.1 Å². The van der Waals surface area contributed by atoms with Gasteiger partial charge in [0.25, 0.3) is 0 Å². The smallest absolute Gasteiger partial charge is 0.124 e. The minimum atomic E-state index is 0.329. The molecule has 0 heterocycles. The van der Waals surface area contributed by atoms with Crippen LogP contribution in [-0.2, 0) is 0 Å². The average molecular weight is 344 g/mol. The summed E-state index contributed by atoms with van der Waals surface area (Å²) in [5.74, 6) is 0.329. The standard InChI is InChI=1S/C26H16O/c27-25-15-23-21-13-5-9-17-8-4-12-20(26(17)21)22(23)14-24(25)19-11-3-7-16-6-1-2-10-18(16)19/h1-15,27H. The van der Waals surface area contributed by atoms with Gasteiger partial charge in [0, 0.05) is 5.56 Å². The molecule has 0 bridgehead atoms. The van der Waals surface area contributed by atoms with Crippen molar-refractivity contribution in [2.75, 3.05) is 0 Å². The molecule has 1 heteroatoms. The molecule has 6 rings (SSSR count). The molecule has 1 nitrogen and oxygen atoms in total. The first-order chi connectivity index (χ1) is 13.3. The Hall–Kier alpha value is -3.58. The van der Waals surface area contributed by atoms with Crippen LogP contribution < -0.4 is 0 Å². The van der Waals surface area contributed by atoms with Crippen LogP contribution in [0.15, 0.2) is 91.0 Å². The fourth-order valence-corrected chi connectivity index (χ4v) is 4.50. The lowest BCUT2D eigenvalue weighted by Crippen LogP contribution is -1.85. The van der Waals surface area contributed by atoms with Crippen molar-refractivity contribution >= 4 is 21.5 Å². The van der Waals surface area contributed by atoms with Gasteiger partial charge in [-0.05, 0) is 61.5 Å². The summed E-state index contributed by atoms with van der Waals surface area (Å²) in [5, 5.41) is 15.8. The number of rotatable bonds is 1. The summed E-state index contributed by atoms with van der Waals surface area (Å²) < 4.78 is 0. The molecule has 5 aromatic rings. The molecule has 0 saturated heterocycles. The second-order valence-electron chi connectivity index (χ2n) is 7.15. The second kappa shape index (κ2) is 5.21. The molecule has 1 N–H and O–H groups in total. The number of benzene rings is 5. The fourth-order valence-electron chi connectivity index (χ4n) is 4.50. The first kappa shape index (κ1) is 14.6. The second-order valence-corrected chi connectivity index (χ2v) is 7.15. The molecule has 0 atom stereocenters. The van der Waals surface area contributed by atoms with Crippen LogP contribution in [0.2, 0.25) is 0 Å². The SMILES string of the molecule is Oc1cc2c(cc1-c1cccc3ccccc13)-c1cccc3cccc-2c13. The van der Waals surface area contributed by atoms with Crippen LogP contribution in [0, 0.1) is 0 Å². The average Bonchev–Trinajstić information content (AvgIpc) is 3.02. The maximum Gasteiger partial charge on any atom is 0.124 e. The first-order valence-electron chi connectivity index (χ1n) is 9.19. The number of aromatic hydroxyl groups is 1. The minimum absolute atomic E-state index is 0.329. The monoisotopic (exact) mass is 344 g/mol. The molecule has 0 unspecified atom stereocenters. The van der Waals surface area contributed by atoms with E-state index >= 15 is 0 Å². The number of hydrogen-bond donors (Lipinski definition) is 1. The maximum absolute atomic E-state index is 10.9. The summed E-state index contributed by atoms with van der Waals surface area (Å²) in [6.45, 7) is 0.